The van der Waals surface area contributed by atoms with E-state index >= 15 is 0 Å². The Kier molecular flexibility index (Phi) is 4.18. The van der Waals surface area contributed by atoms with E-state index in [0.717, 1.165) is 44.5 Å². The summed E-state index contributed by atoms with van der Waals surface area (Å²) < 4.78 is 0. The standard InChI is InChI=1S/C13H20N2O2/c16-12(17)6-2-1-5-11-8-7-10-4-3-9-14-13(10)15-11/h14H,1-9H2,(H,16,17). The number of unbranched alkanes of at least 4 members (excludes halogenated alkanes) is 1. The maximum Gasteiger partial charge on any atom is 0.303 e. The molecule has 0 unspecified atom stereocenters. The highest BCUT2D eigenvalue weighted by atomic mass is 16.4. The average Bonchev–Trinajstić information content (AvgIpc) is 2.34. The zero-order valence-electron chi connectivity index (χ0n) is 10.2. The molecule has 0 aromatic heterocycles. The summed E-state index contributed by atoms with van der Waals surface area (Å²) >= 11 is 0. The minimum Gasteiger partial charge on any atom is -0.481 e. The van der Waals surface area contributed by atoms with Crippen molar-refractivity contribution in [1.29, 1.82) is 0 Å². The topological polar surface area (TPSA) is 61.7 Å². The highest BCUT2D eigenvalue weighted by Crippen LogP contribution is 2.26. The smallest absolute Gasteiger partial charge is 0.303 e. The quantitative estimate of drug-likeness (QED) is 0.721. The molecule has 2 N–H and O–H groups in total. The predicted octanol–water partition coefficient (Wildman–Crippen LogP) is 2.46. The van der Waals surface area contributed by atoms with Crippen LogP contribution in [0.4, 0.5) is 0 Å². The van der Waals surface area contributed by atoms with Crippen molar-refractivity contribution in [2.75, 3.05) is 6.54 Å². The monoisotopic (exact) mass is 236 g/mol. The molecule has 94 valence electrons. The van der Waals surface area contributed by atoms with Crippen LogP contribution in [0.2, 0.25) is 0 Å². The third kappa shape index (κ3) is 3.58. The average molecular weight is 236 g/mol. The van der Waals surface area contributed by atoms with Crippen molar-refractivity contribution in [3.8, 4) is 0 Å². The Morgan fingerprint density at radius 2 is 2.18 bits per heavy atom. The highest BCUT2D eigenvalue weighted by molar-refractivity contribution is 5.86. The summed E-state index contributed by atoms with van der Waals surface area (Å²) in [6.07, 6.45) is 7.54. The van der Waals surface area contributed by atoms with E-state index < -0.39 is 5.97 Å². The first-order chi connectivity index (χ1) is 8.25. The molecule has 0 aliphatic carbocycles. The second-order valence-corrected chi connectivity index (χ2v) is 4.76. The van der Waals surface area contributed by atoms with E-state index in [1.165, 1.54) is 24.1 Å². The third-order valence-electron chi connectivity index (χ3n) is 3.37. The first kappa shape index (κ1) is 12.1. The van der Waals surface area contributed by atoms with Crippen LogP contribution >= 0.6 is 0 Å². The van der Waals surface area contributed by atoms with E-state index in [4.69, 9.17) is 5.11 Å². The maximum atomic E-state index is 10.4. The maximum absolute atomic E-state index is 10.4. The van der Waals surface area contributed by atoms with Crippen LogP contribution < -0.4 is 5.32 Å². The number of hydrogen-bond acceptors (Lipinski definition) is 3. The summed E-state index contributed by atoms with van der Waals surface area (Å²) in [4.78, 5) is 15.0. The van der Waals surface area contributed by atoms with Crippen molar-refractivity contribution in [2.45, 2.75) is 51.4 Å². The lowest BCUT2D eigenvalue weighted by Crippen LogP contribution is -2.24. The van der Waals surface area contributed by atoms with Gasteiger partial charge in [-0.05, 0) is 50.5 Å². The molecule has 0 aromatic carbocycles. The van der Waals surface area contributed by atoms with Crippen molar-refractivity contribution >= 4 is 11.7 Å². The molecule has 0 radical (unpaired) electrons. The Bertz CT molecular complexity index is 358. The van der Waals surface area contributed by atoms with Gasteiger partial charge in [-0.2, -0.15) is 0 Å². The van der Waals surface area contributed by atoms with Crippen molar-refractivity contribution in [1.82, 2.24) is 5.32 Å². The molecule has 0 saturated carbocycles. The van der Waals surface area contributed by atoms with Gasteiger partial charge < -0.3 is 10.4 Å². The fraction of sp³-hybridized carbons (Fsp3) is 0.692. The number of allylic oxidation sites excluding steroid dienone is 1. The molecule has 2 rings (SSSR count). The SMILES string of the molecule is O=C(O)CCCCC1=NC2=C(CCCN2)CC1. The van der Waals surface area contributed by atoms with Crippen LogP contribution in [0, 0.1) is 0 Å². The fourth-order valence-corrected chi connectivity index (χ4v) is 2.41. The lowest BCUT2D eigenvalue weighted by atomic mass is 9.95. The van der Waals surface area contributed by atoms with Crippen LogP contribution in [0.5, 0.6) is 0 Å². The molecule has 0 atom stereocenters. The van der Waals surface area contributed by atoms with Gasteiger partial charge in [0.2, 0.25) is 0 Å². The summed E-state index contributed by atoms with van der Waals surface area (Å²) in [6, 6.07) is 0. The van der Waals surface area contributed by atoms with Crippen molar-refractivity contribution in [3.05, 3.63) is 11.4 Å². The molecule has 0 amide bonds. The normalized spacial score (nSPS) is 19.4. The number of nitrogens with zero attached hydrogens (tertiary/aromatic N) is 1. The van der Waals surface area contributed by atoms with Gasteiger partial charge in [0.05, 0.1) is 0 Å². The number of carbonyl (C=O) groups is 1. The summed E-state index contributed by atoms with van der Waals surface area (Å²) in [5.41, 5.74) is 2.72. The lowest BCUT2D eigenvalue weighted by Gasteiger charge is -2.24. The lowest BCUT2D eigenvalue weighted by molar-refractivity contribution is -0.137. The molecule has 4 nitrogen and oxygen atoms in total. The molecule has 2 aliphatic heterocycles. The van der Waals surface area contributed by atoms with Gasteiger partial charge in [-0.3, -0.25) is 4.79 Å². The molecule has 0 aromatic rings. The molecule has 0 spiro atoms. The summed E-state index contributed by atoms with van der Waals surface area (Å²) in [6.45, 7) is 1.04. The molecule has 2 aliphatic rings. The number of carboxylic acid groups (broad SMARTS) is 1. The number of rotatable bonds is 5. The van der Waals surface area contributed by atoms with E-state index in [2.05, 4.69) is 10.3 Å². The van der Waals surface area contributed by atoms with E-state index in [9.17, 15) is 4.79 Å². The van der Waals surface area contributed by atoms with Crippen molar-refractivity contribution < 1.29 is 9.90 Å². The van der Waals surface area contributed by atoms with Gasteiger partial charge in [0.25, 0.3) is 0 Å². The Hall–Kier alpha value is -1.32. The number of nitrogens with one attached hydrogen (secondary N) is 1. The molecule has 0 bridgehead atoms. The first-order valence-corrected chi connectivity index (χ1v) is 6.50. The number of carboxylic acids is 1. The Morgan fingerprint density at radius 1 is 1.29 bits per heavy atom. The van der Waals surface area contributed by atoms with E-state index in [1.807, 2.05) is 0 Å². The molecule has 17 heavy (non-hydrogen) atoms. The van der Waals surface area contributed by atoms with Crippen LogP contribution in [0.3, 0.4) is 0 Å². The Morgan fingerprint density at radius 3 is 3.00 bits per heavy atom. The molecular weight excluding hydrogens is 216 g/mol. The summed E-state index contributed by atoms with van der Waals surface area (Å²) in [5.74, 6) is 0.408. The van der Waals surface area contributed by atoms with Gasteiger partial charge >= 0.3 is 5.97 Å². The Labute approximate surface area is 102 Å². The van der Waals surface area contributed by atoms with E-state index in [-0.39, 0.29) is 6.42 Å². The first-order valence-electron chi connectivity index (χ1n) is 6.50. The van der Waals surface area contributed by atoms with Crippen molar-refractivity contribution in [2.24, 2.45) is 4.99 Å². The largest absolute Gasteiger partial charge is 0.481 e. The van der Waals surface area contributed by atoms with Gasteiger partial charge in [-0.15, -0.1) is 0 Å². The number of aliphatic carboxylic acids is 1. The zero-order valence-corrected chi connectivity index (χ0v) is 10.2. The van der Waals surface area contributed by atoms with E-state index in [0.29, 0.717) is 0 Å². The van der Waals surface area contributed by atoms with Gasteiger partial charge in [0.1, 0.15) is 5.82 Å². The molecule has 2 heterocycles. The van der Waals surface area contributed by atoms with Gasteiger partial charge in [0.15, 0.2) is 0 Å². The van der Waals surface area contributed by atoms with Gasteiger partial charge in [0, 0.05) is 18.7 Å². The molecular formula is C13H20N2O2. The van der Waals surface area contributed by atoms with Crippen LogP contribution in [-0.2, 0) is 4.79 Å². The summed E-state index contributed by atoms with van der Waals surface area (Å²) in [7, 11) is 0. The minimum absolute atomic E-state index is 0.277. The predicted molar refractivity (Wildman–Crippen MR) is 67.0 cm³/mol. The van der Waals surface area contributed by atoms with E-state index in [1.54, 1.807) is 0 Å². The third-order valence-corrected chi connectivity index (χ3v) is 3.37. The zero-order chi connectivity index (χ0) is 12.1. The second-order valence-electron chi connectivity index (χ2n) is 4.76. The van der Waals surface area contributed by atoms with Crippen LogP contribution in [0.1, 0.15) is 51.4 Å². The van der Waals surface area contributed by atoms with Crippen LogP contribution in [0.15, 0.2) is 16.4 Å². The highest BCUT2D eigenvalue weighted by Gasteiger charge is 2.17. The van der Waals surface area contributed by atoms with Gasteiger partial charge in [-0.1, -0.05) is 0 Å². The fourth-order valence-electron chi connectivity index (χ4n) is 2.41. The molecule has 0 saturated heterocycles. The number of aliphatic imine (C=N–C) groups is 1. The molecule has 0 fully saturated rings. The van der Waals surface area contributed by atoms with Crippen molar-refractivity contribution in [3.63, 3.8) is 0 Å². The number of hydrogen-bond donors (Lipinski definition) is 2. The van der Waals surface area contributed by atoms with Crippen LogP contribution in [0.25, 0.3) is 0 Å². The van der Waals surface area contributed by atoms with Gasteiger partial charge in [-0.25, -0.2) is 4.99 Å². The van der Waals surface area contributed by atoms with Crippen LogP contribution in [-0.4, -0.2) is 23.3 Å². The second kappa shape index (κ2) is 5.84. The Balaban J connectivity index is 1.80. The minimum atomic E-state index is -0.700. The molecule has 4 heteroatoms. The summed E-state index contributed by atoms with van der Waals surface area (Å²) in [5, 5.41) is 11.9.